The summed E-state index contributed by atoms with van der Waals surface area (Å²) in [5, 5.41) is 8.97. The Morgan fingerprint density at radius 1 is 1.37 bits per heavy atom. The van der Waals surface area contributed by atoms with Crippen LogP contribution in [-0.4, -0.2) is 52.1 Å². The van der Waals surface area contributed by atoms with E-state index in [1.165, 1.54) is 4.90 Å². The minimum absolute atomic E-state index is 0.155. The molecule has 1 fully saturated rings. The van der Waals surface area contributed by atoms with Crippen LogP contribution in [0.4, 0.5) is 4.79 Å². The SMILES string of the molecule is CC(C)C1CCN(C(=O)N(CC(=O)O)C(C)(C)C)C1. The van der Waals surface area contributed by atoms with E-state index in [2.05, 4.69) is 13.8 Å². The molecule has 0 bridgehead atoms. The molecule has 0 aromatic rings. The predicted molar refractivity (Wildman–Crippen MR) is 74.0 cm³/mol. The topological polar surface area (TPSA) is 60.9 Å². The quantitative estimate of drug-likeness (QED) is 0.855. The van der Waals surface area contributed by atoms with Gasteiger partial charge in [-0.2, -0.15) is 0 Å². The Morgan fingerprint density at radius 2 is 1.95 bits per heavy atom. The van der Waals surface area contributed by atoms with Crippen molar-refractivity contribution >= 4 is 12.0 Å². The smallest absolute Gasteiger partial charge is 0.323 e. The van der Waals surface area contributed by atoms with Crippen molar-refractivity contribution < 1.29 is 14.7 Å². The Bertz CT molecular complexity index is 347. The summed E-state index contributed by atoms with van der Waals surface area (Å²) in [6.07, 6.45) is 1.01. The van der Waals surface area contributed by atoms with E-state index >= 15 is 0 Å². The van der Waals surface area contributed by atoms with Gasteiger partial charge in [-0.05, 0) is 39.0 Å². The predicted octanol–water partition coefficient (Wildman–Crippen LogP) is 2.27. The van der Waals surface area contributed by atoms with Gasteiger partial charge in [0.05, 0.1) is 0 Å². The van der Waals surface area contributed by atoms with Crippen molar-refractivity contribution in [3.05, 3.63) is 0 Å². The zero-order chi connectivity index (χ0) is 14.8. The average molecular weight is 270 g/mol. The van der Waals surface area contributed by atoms with Gasteiger partial charge in [-0.3, -0.25) is 4.79 Å². The first-order valence-electron chi connectivity index (χ1n) is 6.91. The second-order valence-corrected chi connectivity index (χ2v) is 6.67. The lowest BCUT2D eigenvalue weighted by Gasteiger charge is -2.37. The number of nitrogens with zero attached hydrogens (tertiary/aromatic N) is 2. The Kier molecular flexibility index (Phi) is 4.82. The largest absolute Gasteiger partial charge is 0.480 e. The molecule has 1 saturated heterocycles. The van der Waals surface area contributed by atoms with Crippen LogP contribution in [-0.2, 0) is 4.79 Å². The number of rotatable bonds is 3. The van der Waals surface area contributed by atoms with Crippen molar-refractivity contribution in [2.75, 3.05) is 19.6 Å². The third-order valence-electron chi connectivity index (χ3n) is 3.77. The lowest BCUT2D eigenvalue weighted by atomic mass is 9.95. The van der Waals surface area contributed by atoms with E-state index < -0.39 is 11.5 Å². The van der Waals surface area contributed by atoms with Gasteiger partial charge in [-0.25, -0.2) is 4.79 Å². The third kappa shape index (κ3) is 4.11. The molecule has 0 aromatic carbocycles. The molecule has 19 heavy (non-hydrogen) atoms. The van der Waals surface area contributed by atoms with E-state index in [0.29, 0.717) is 11.8 Å². The minimum atomic E-state index is -0.970. The van der Waals surface area contributed by atoms with E-state index in [1.54, 1.807) is 4.90 Å². The minimum Gasteiger partial charge on any atom is -0.480 e. The molecule has 1 aliphatic rings. The molecule has 0 aromatic heterocycles. The highest BCUT2D eigenvalue weighted by molar-refractivity contribution is 5.81. The lowest BCUT2D eigenvalue weighted by Crippen LogP contribution is -2.53. The second-order valence-electron chi connectivity index (χ2n) is 6.67. The molecule has 1 heterocycles. The van der Waals surface area contributed by atoms with E-state index in [-0.39, 0.29) is 12.6 Å². The molecule has 0 spiro atoms. The van der Waals surface area contributed by atoms with Crippen LogP contribution < -0.4 is 0 Å². The lowest BCUT2D eigenvalue weighted by molar-refractivity contribution is -0.138. The van der Waals surface area contributed by atoms with E-state index in [9.17, 15) is 9.59 Å². The number of hydrogen-bond donors (Lipinski definition) is 1. The molecule has 110 valence electrons. The Labute approximate surface area is 115 Å². The van der Waals surface area contributed by atoms with Gasteiger partial charge in [-0.15, -0.1) is 0 Å². The number of hydrogen-bond acceptors (Lipinski definition) is 2. The Balaban J connectivity index is 2.76. The molecule has 5 heteroatoms. The number of carbonyl (C=O) groups excluding carboxylic acids is 1. The van der Waals surface area contributed by atoms with Crippen LogP contribution in [0.15, 0.2) is 0 Å². The number of amides is 2. The first-order valence-corrected chi connectivity index (χ1v) is 6.91. The second kappa shape index (κ2) is 5.80. The zero-order valence-electron chi connectivity index (χ0n) is 12.6. The Hall–Kier alpha value is -1.26. The fourth-order valence-electron chi connectivity index (χ4n) is 2.40. The van der Waals surface area contributed by atoms with Crippen molar-refractivity contribution in [1.29, 1.82) is 0 Å². The van der Waals surface area contributed by atoms with Crippen LogP contribution in [0.1, 0.15) is 41.0 Å². The van der Waals surface area contributed by atoms with Gasteiger partial charge < -0.3 is 14.9 Å². The van der Waals surface area contributed by atoms with Crippen molar-refractivity contribution in [3.8, 4) is 0 Å². The van der Waals surface area contributed by atoms with Crippen molar-refractivity contribution in [2.45, 2.75) is 46.6 Å². The van der Waals surface area contributed by atoms with Crippen molar-refractivity contribution in [2.24, 2.45) is 11.8 Å². The van der Waals surface area contributed by atoms with Crippen LogP contribution in [0.5, 0.6) is 0 Å². The summed E-state index contributed by atoms with van der Waals surface area (Å²) >= 11 is 0. The van der Waals surface area contributed by atoms with Crippen LogP contribution in [0.2, 0.25) is 0 Å². The van der Waals surface area contributed by atoms with Gasteiger partial charge >= 0.3 is 12.0 Å². The number of urea groups is 1. The monoisotopic (exact) mass is 270 g/mol. The van der Waals surface area contributed by atoms with Gasteiger partial charge in [0.2, 0.25) is 0 Å². The van der Waals surface area contributed by atoms with E-state index in [0.717, 1.165) is 19.5 Å². The number of likely N-dealkylation sites (tertiary alicyclic amines) is 1. The molecular formula is C14H26N2O3. The fraction of sp³-hybridized carbons (Fsp3) is 0.857. The van der Waals surface area contributed by atoms with Gasteiger partial charge in [0.1, 0.15) is 6.54 Å². The molecule has 0 aliphatic carbocycles. The van der Waals surface area contributed by atoms with Crippen LogP contribution in [0.3, 0.4) is 0 Å². The molecule has 0 saturated carbocycles. The summed E-state index contributed by atoms with van der Waals surface area (Å²) in [6, 6.07) is -0.155. The van der Waals surface area contributed by atoms with Gasteiger partial charge in [0.15, 0.2) is 0 Å². The summed E-state index contributed by atoms with van der Waals surface area (Å²) in [7, 11) is 0. The third-order valence-corrected chi connectivity index (χ3v) is 3.77. The maximum Gasteiger partial charge on any atom is 0.323 e. The molecule has 1 rings (SSSR count). The summed E-state index contributed by atoms with van der Waals surface area (Å²) in [4.78, 5) is 26.7. The first-order chi connectivity index (χ1) is 8.62. The number of carbonyl (C=O) groups is 2. The van der Waals surface area contributed by atoms with E-state index in [4.69, 9.17) is 5.11 Å². The van der Waals surface area contributed by atoms with Crippen molar-refractivity contribution in [3.63, 3.8) is 0 Å². The molecule has 5 nitrogen and oxygen atoms in total. The van der Waals surface area contributed by atoms with Crippen LogP contribution in [0.25, 0.3) is 0 Å². The zero-order valence-corrected chi connectivity index (χ0v) is 12.6. The molecule has 1 N–H and O–H groups in total. The molecule has 0 radical (unpaired) electrons. The fourth-order valence-corrected chi connectivity index (χ4v) is 2.40. The van der Waals surface area contributed by atoms with Crippen LogP contribution >= 0.6 is 0 Å². The molecule has 1 aliphatic heterocycles. The number of carboxylic acids is 1. The normalized spacial score (nSPS) is 19.9. The van der Waals surface area contributed by atoms with Gasteiger partial charge in [0, 0.05) is 18.6 Å². The summed E-state index contributed by atoms with van der Waals surface area (Å²) in [6.45, 7) is 11.1. The number of aliphatic carboxylic acids is 1. The van der Waals surface area contributed by atoms with Gasteiger partial charge in [0.25, 0.3) is 0 Å². The molecule has 1 unspecified atom stereocenters. The standard InChI is InChI=1S/C14H26N2O3/c1-10(2)11-6-7-15(8-11)13(19)16(9-12(17)18)14(3,4)5/h10-11H,6-9H2,1-5H3,(H,17,18). The van der Waals surface area contributed by atoms with E-state index in [1.807, 2.05) is 20.8 Å². The van der Waals surface area contributed by atoms with Crippen molar-refractivity contribution in [1.82, 2.24) is 9.80 Å². The highest BCUT2D eigenvalue weighted by atomic mass is 16.4. The summed E-state index contributed by atoms with van der Waals surface area (Å²) in [5.74, 6) is 0.110. The number of carboxylic acid groups (broad SMARTS) is 1. The maximum absolute atomic E-state index is 12.5. The average Bonchev–Trinajstić information content (AvgIpc) is 2.72. The molecule has 1 atom stereocenters. The van der Waals surface area contributed by atoms with Gasteiger partial charge in [-0.1, -0.05) is 13.8 Å². The molecular weight excluding hydrogens is 244 g/mol. The highest BCUT2D eigenvalue weighted by Crippen LogP contribution is 2.26. The highest BCUT2D eigenvalue weighted by Gasteiger charge is 2.35. The first kappa shape index (κ1) is 15.8. The summed E-state index contributed by atoms with van der Waals surface area (Å²) in [5.41, 5.74) is -0.481. The Morgan fingerprint density at radius 3 is 2.32 bits per heavy atom. The maximum atomic E-state index is 12.5. The van der Waals surface area contributed by atoms with Crippen LogP contribution in [0, 0.1) is 11.8 Å². The summed E-state index contributed by atoms with van der Waals surface area (Å²) < 4.78 is 0. The molecule has 2 amide bonds.